The van der Waals surface area contributed by atoms with Crippen LogP contribution in [0, 0.1) is 12.8 Å². The largest absolute Gasteiger partial charge is 0.330 e. The molecule has 1 rings (SSSR count). The van der Waals surface area contributed by atoms with E-state index in [0.717, 1.165) is 24.1 Å². The lowest BCUT2D eigenvalue weighted by atomic mass is 10.0. The number of nitrogens with one attached hydrogen (secondary N) is 1. The van der Waals surface area contributed by atoms with Crippen LogP contribution in [0.3, 0.4) is 0 Å². The van der Waals surface area contributed by atoms with Crippen LogP contribution in [-0.2, 0) is 4.79 Å². The number of amides is 1. The van der Waals surface area contributed by atoms with Crippen LogP contribution in [0.1, 0.15) is 31.7 Å². The zero-order chi connectivity index (χ0) is 13.5. The lowest BCUT2D eigenvalue weighted by Crippen LogP contribution is -2.14. The molecular formula is C14H21ClN2O. The number of rotatable bonds is 6. The molecule has 0 fully saturated rings. The molecule has 0 aliphatic heterocycles. The molecule has 0 aromatic heterocycles. The van der Waals surface area contributed by atoms with E-state index in [2.05, 4.69) is 12.2 Å². The van der Waals surface area contributed by atoms with Gasteiger partial charge in [0.25, 0.3) is 0 Å². The van der Waals surface area contributed by atoms with E-state index >= 15 is 0 Å². The average molecular weight is 269 g/mol. The first-order chi connectivity index (χ1) is 8.52. The number of hydrogen-bond acceptors (Lipinski definition) is 2. The van der Waals surface area contributed by atoms with Crippen LogP contribution in [0.25, 0.3) is 0 Å². The van der Waals surface area contributed by atoms with Gasteiger partial charge in [0.1, 0.15) is 0 Å². The Bertz CT molecular complexity index is 407. The predicted molar refractivity (Wildman–Crippen MR) is 76.9 cm³/mol. The van der Waals surface area contributed by atoms with Gasteiger partial charge in [-0.05, 0) is 49.9 Å². The van der Waals surface area contributed by atoms with Crippen LogP contribution < -0.4 is 11.1 Å². The second-order valence-electron chi connectivity index (χ2n) is 4.73. The Kier molecular flexibility index (Phi) is 6.16. The molecule has 1 atom stereocenters. The Morgan fingerprint density at radius 2 is 2.17 bits per heavy atom. The molecule has 3 nitrogen and oxygen atoms in total. The van der Waals surface area contributed by atoms with Crippen molar-refractivity contribution < 1.29 is 4.79 Å². The van der Waals surface area contributed by atoms with Gasteiger partial charge in [-0.25, -0.2) is 0 Å². The van der Waals surface area contributed by atoms with Crippen molar-refractivity contribution >= 4 is 23.2 Å². The molecule has 0 aliphatic carbocycles. The maximum atomic E-state index is 11.7. The van der Waals surface area contributed by atoms with Crippen molar-refractivity contribution in [3.8, 4) is 0 Å². The van der Waals surface area contributed by atoms with Gasteiger partial charge in [-0.2, -0.15) is 0 Å². The molecular weight excluding hydrogens is 248 g/mol. The van der Waals surface area contributed by atoms with Crippen LogP contribution in [0.4, 0.5) is 5.69 Å². The maximum absolute atomic E-state index is 11.7. The van der Waals surface area contributed by atoms with Gasteiger partial charge >= 0.3 is 0 Å². The number of halogens is 1. The van der Waals surface area contributed by atoms with Crippen molar-refractivity contribution in [3.05, 3.63) is 28.8 Å². The van der Waals surface area contributed by atoms with Gasteiger partial charge in [0.2, 0.25) is 5.91 Å². The lowest BCUT2D eigenvalue weighted by molar-refractivity contribution is -0.116. The minimum atomic E-state index is 0.0267. The molecule has 4 heteroatoms. The van der Waals surface area contributed by atoms with Crippen molar-refractivity contribution in [2.45, 2.75) is 33.1 Å². The van der Waals surface area contributed by atoms with Crippen molar-refractivity contribution in [3.63, 3.8) is 0 Å². The SMILES string of the molecule is Cc1ccc(NC(=O)CCC(C)CCN)cc1Cl. The molecule has 3 N–H and O–H groups in total. The summed E-state index contributed by atoms with van der Waals surface area (Å²) in [7, 11) is 0. The Balaban J connectivity index is 2.42. The fourth-order valence-corrected chi connectivity index (χ4v) is 1.88. The lowest BCUT2D eigenvalue weighted by Gasteiger charge is -2.10. The number of carbonyl (C=O) groups is 1. The summed E-state index contributed by atoms with van der Waals surface area (Å²) < 4.78 is 0. The minimum Gasteiger partial charge on any atom is -0.330 e. The highest BCUT2D eigenvalue weighted by Crippen LogP contribution is 2.20. The summed E-state index contributed by atoms with van der Waals surface area (Å²) in [5.74, 6) is 0.515. The second-order valence-corrected chi connectivity index (χ2v) is 5.14. The third kappa shape index (κ3) is 5.07. The Labute approximate surface area is 114 Å². The first kappa shape index (κ1) is 15.0. The number of nitrogens with two attached hydrogens (primary N) is 1. The van der Waals surface area contributed by atoms with Crippen LogP contribution in [-0.4, -0.2) is 12.5 Å². The van der Waals surface area contributed by atoms with Crippen molar-refractivity contribution in [2.75, 3.05) is 11.9 Å². The Hall–Kier alpha value is -1.06. The van der Waals surface area contributed by atoms with E-state index < -0.39 is 0 Å². The molecule has 1 unspecified atom stereocenters. The molecule has 1 amide bonds. The van der Waals surface area contributed by atoms with Gasteiger partial charge in [-0.1, -0.05) is 24.6 Å². The van der Waals surface area contributed by atoms with E-state index in [1.165, 1.54) is 0 Å². The number of aryl methyl sites for hydroxylation is 1. The van der Waals surface area contributed by atoms with E-state index in [-0.39, 0.29) is 5.91 Å². The summed E-state index contributed by atoms with van der Waals surface area (Å²) in [4.78, 5) is 11.7. The highest BCUT2D eigenvalue weighted by Gasteiger charge is 2.07. The van der Waals surface area contributed by atoms with E-state index in [0.29, 0.717) is 23.9 Å². The van der Waals surface area contributed by atoms with E-state index in [1.807, 2.05) is 19.1 Å². The normalized spacial score (nSPS) is 12.2. The smallest absolute Gasteiger partial charge is 0.224 e. The second kappa shape index (κ2) is 7.39. The Morgan fingerprint density at radius 1 is 1.44 bits per heavy atom. The quantitative estimate of drug-likeness (QED) is 0.831. The molecule has 0 radical (unpaired) electrons. The minimum absolute atomic E-state index is 0.0267. The first-order valence-corrected chi connectivity index (χ1v) is 6.66. The zero-order valence-corrected chi connectivity index (χ0v) is 11.8. The molecule has 0 aliphatic rings. The van der Waals surface area contributed by atoms with Crippen LogP contribution >= 0.6 is 11.6 Å². The highest BCUT2D eigenvalue weighted by atomic mass is 35.5. The van der Waals surface area contributed by atoms with Gasteiger partial charge in [0, 0.05) is 17.1 Å². The van der Waals surface area contributed by atoms with E-state index in [9.17, 15) is 4.79 Å². The van der Waals surface area contributed by atoms with Gasteiger partial charge in [0.15, 0.2) is 0 Å². The number of anilines is 1. The molecule has 0 bridgehead atoms. The molecule has 0 saturated carbocycles. The topological polar surface area (TPSA) is 55.1 Å². The van der Waals surface area contributed by atoms with E-state index in [1.54, 1.807) is 6.07 Å². The van der Waals surface area contributed by atoms with Gasteiger partial charge in [-0.3, -0.25) is 4.79 Å². The Morgan fingerprint density at radius 3 is 2.78 bits per heavy atom. The third-order valence-electron chi connectivity index (χ3n) is 2.98. The van der Waals surface area contributed by atoms with Gasteiger partial charge in [0.05, 0.1) is 0 Å². The molecule has 18 heavy (non-hydrogen) atoms. The molecule has 1 aromatic rings. The van der Waals surface area contributed by atoms with Gasteiger partial charge < -0.3 is 11.1 Å². The standard InChI is InChI=1S/C14H21ClN2O/c1-10(7-8-16)3-6-14(18)17-12-5-4-11(2)13(15)9-12/h4-5,9-10H,3,6-8,16H2,1-2H3,(H,17,18). The highest BCUT2D eigenvalue weighted by molar-refractivity contribution is 6.31. The summed E-state index contributed by atoms with van der Waals surface area (Å²) >= 11 is 6.00. The monoisotopic (exact) mass is 268 g/mol. The van der Waals surface area contributed by atoms with Crippen LogP contribution in [0.15, 0.2) is 18.2 Å². The molecule has 0 heterocycles. The predicted octanol–water partition coefficient (Wildman–Crippen LogP) is 3.35. The van der Waals surface area contributed by atoms with Gasteiger partial charge in [-0.15, -0.1) is 0 Å². The fourth-order valence-electron chi connectivity index (χ4n) is 1.70. The summed E-state index contributed by atoms with van der Waals surface area (Å²) in [6.07, 6.45) is 2.35. The van der Waals surface area contributed by atoms with Crippen molar-refractivity contribution in [2.24, 2.45) is 11.7 Å². The van der Waals surface area contributed by atoms with Crippen LogP contribution in [0.2, 0.25) is 5.02 Å². The first-order valence-electron chi connectivity index (χ1n) is 6.29. The average Bonchev–Trinajstić information content (AvgIpc) is 2.32. The summed E-state index contributed by atoms with van der Waals surface area (Å²) in [5.41, 5.74) is 7.23. The number of hydrogen-bond donors (Lipinski definition) is 2. The summed E-state index contributed by atoms with van der Waals surface area (Å²) in [5, 5.41) is 3.52. The fraction of sp³-hybridized carbons (Fsp3) is 0.500. The number of benzene rings is 1. The van der Waals surface area contributed by atoms with Crippen molar-refractivity contribution in [1.82, 2.24) is 0 Å². The molecule has 0 spiro atoms. The maximum Gasteiger partial charge on any atom is 0.224 e. The van der Waals surface area contributed by atoms with Crippen LogP contribution in [0.5, 0.6) is 0 Å². The molecule has 0 saturated heterocycles. The summed E-state index contributed by atoms with van der Waals surface area (Å²) in [6.45, 7) is 4.72. The molecule has 1 aromatic carbocycles. The third-order valence-corrected chi connectivity index (χ3v) is 3.39. The van der Waals surface area contributed by atoms with E-state index in [4.69, 9.17) is 17.3 Å². The summed E-state index contributed by atoms with van der Waals surface area (Å²) in [6, 6.07) is 5.54. The zero-order valence-electron chi connectivity index (χ0n) is 11.0. The number of carbonyl (C=O) groups excluding carboxylic acids is 1. The van der Waals surface area contributed by atoms with Crippen molar-refractivity contribution in [1.29, 1.82) is 0 Å². The molecule has 100 valence electrons.